The summed E-state index contributed by atoms with van der Waals surface area (Å²) in [6.45, 7) is 31.7. The van der Waals surface area contributed by atoms with Gasteiger partial charge in [-0.15, -0.1) is 93.4 Å². The molecule has 18 aromatic rings. The number of allylic oxidation sites excluding steroid dienone is 6. The fourth-order valence-corrected chi connectivity index (χ4v) is 16.1. The van der Waals surface area contributed by atoms with Crippen molar-refractivity contribution in [3.8, 4) is 67.3 Å². The predicted octanol–water partition coefficient (Wildman–Crippen LogP) is 27.6. The van der Waals surface area contributed by atoms with E-state index in [9.17, 15) is 19.5 Å². The molecule has 0 bridgehead atoms. The summed E-state index contributed by atoms with van der Waals surface area (Å²) in [7, 11) is 0. The zero-order valence-electron chi connectivity index (χ0n) is 77.3. The van der Waals surface area contributed by atoms with Crippen LogP contribution in [0, 0.1) is 85.4 Å². The SMILES string of the molecule is CC(=O)C=C(C)O.CC(=O)C=C(C)O.CC(C)C(=O)C=C(O)C(C)C.Cc1[c-]c(-c2ccc3ccc(C)cc3n2)cc(C)c1.Cc1[c-]c(-c2ccc3ccc(C)cc3n2)cc(C)c1.Cc1cc2ccccc2[n+]2c1-c1ccccc1C2.Cc1cnc2c3[c-]cc(-c4ccccc4)cc3c3cc(-c4ccccc4)ccc3c2n1.[Ir].[Ir].[Ir].c1ccc2c(c1)C[n+]1ccc3ccccc3c1-2. The first-order chi connectivity index (χ1) is 62.0. The average molecular weight is 2270 g/mol. The van der Waals surface area contributed by atoms with Gasteiger partial charge >= 0.3 is 0 Å². The number of pyridine rings is 4. The molecule has 0 amide bonds. The van der Waals surface area contributed by atoms with E-state index in [0.717, 1.165) is 96.2 Å². The Morgan fingerprint density at radius 3 is 1.42 bits per heavy atom. The van der Waals surface area contributed by atoms with Crippen LogP contribution in [0.25, 0.3) is 143 Å². The topological polar surface area (TPSA) is 171 Å². The number of hydrogen-bond acceptors (Lipinski definition) is 10. The van der Waals surface area contributed by atoms with Crippen molar-refractivity contribution >= 4 is 93.4 Å². The van der Waals surface area contributed by atoms with Crippen LogP contribution in [0.2, 0.25) is 0 Å². The van der Waals surface area contributed by atoms with Crippen LogP contribution in [0.1, 0.15) is 111 Å². The molecule has 12 nitrogen and oxygen atoms in total. The first kappa shape index (κ1) is 101. The van der Waals surface area contributed by atoms with Gasteiger partial charge in [-0.3, -0.25) is 29.3 Å². The number of aliphatic hydroxyl groups is 3. The van der Waals surface area contributed by atoms with E-state index >= 15 is 0 Å². The molecule has 3 radical (unpaired) electrons. The van der Waals surface area contributed by atoms with Crippen molar-refractivity contribution in [1.82, 2.24) is 19.9 Å². The van der Waals surface area contributed by atoms with Gasteiger partial charge in [0, 0.05) is 136 Å². The zero-order chi connectivity index (χ0) is 91.7. The first-order valence-electron chi connectivity index (χ1n) is 43.6. The van der Waals surface area contributed by atoms with Crippen molar-refractivity contribution in [3.63, 3.8) is 0 Å². The molecule has 20 rings (SSSR count). The molecular weight excluding hydrogens is 2160 g/mol. The maximum absolute atomic E-state index is 11.0. The molecular formula is C117H109Ir3N6O6-. The second-order valence-corrected chi connectivity index (χ2v) is 33.8. The fraction of sp³-hybridized carbons (Fsp3) is 0.171. The summed E-state index contributed by atoms with van der Waals surface area (Å²) in [5.41, 5.74) is 32.0. The van der Waals surface area contributed by atoms with Gasteiger partial charge in [-0.1, -0.05) is 271 Å². The molecule has 0 spiro atoms. The monoisotopic (exact) mass is 2270 g/mol. The van der Waals surface area contributed by atoms with Crippen molar-refractivity contribution in [2.24, 2.45) is 11.8 Å². The number of rotatable bonds is 9. The van der Waals surface area contributed by atoms with Crippen LogP contribution >= 0.6 is 0 Å². The van der Waals surface area contributed by atoms with Crippen LogP contribution in [0.15, 0.2) is 333 Å². The molecule has 5 aromatic heterocycles. The Morgan fingerprint density at radius 2 is 0.894 bits per heavy atom. The number of fused-ring (bicyclic) bond motifs is 18. The largest absolute Gasteiger partial charge is 0.512 e. The second kappa shape index (κ2) is 46.6. The van der Waals surface area contributed by atoms with Crippen molar-refractivity contribution in [1.29, 1.82) is 0 Å². The third-order valence-corrected chi connectivity index (χ3v) is 22.1. The van der Waals surface area contributed by atoms with E-state index < -0.39 is 0 Å². The number of nitrogens with zero attached hydrogens (tertiary/aromatic N) is 6. The number of hydrogen-bond donors (Lipinski definition) is 3. The molecule has 0 saturated carbocycles. The van der Waals surface area contributed by atoms with E-state index in [1.165, 1.54) is 162 Å². The van der Waals surface area contributed by atoms with Gasteiger partial charge < -0.3 is 20.3 Å². The van der Waals surface area contributed by atoms with Crippen LogP contribution in [0.3, 0.4) is 0 Å². The molecule has 0 fully saturated rings. The number of ketones is 3. The molecule has 13 aromatic carbocycles. The van der Waals surface area contributed by atoms with Gasteiger partial charge in [0.05, 0.1) is 56.0 Å². The maximum Gasteiger partial charge on any atom is 0.221 e. The quantitative estimate of drug-likeness (QED) is 0.0415. The first-order valence-corrected chi connectivity index (χ1v) is 43.6. The molecule has 7 heterocycles. The molecule has 671 valence electrons. The van der Waals surface area contributed by atoms with Crippen molar-refractivity contribution < 1.29 is 99.2 Å². The summed E-state index contributed by atoms with van der Waals surface area (Å²) in [4.78, 5) is 50.2. The molecule has 15 heteroatoms. The summed E-state index contributed by atoms with van der Waals surface area (Å²) < 4.78 is 4.78. The Bertz CT molecular complexity index is 7120. The summed E-state index contributed by atoms with van der Waals surface area (Å²) >= 11 is 0. The van der Waals surface area contributed by atoms with E-state index in [1.807, 2.05) is 52.9 Å². The Morgan fingerprint density at radius 1 is 0.402 bits per heavy atom. The number of benzene rings is 13. The van der Waals surface area contributed by atoms with E-state index in [2.05, 4.69) is 355 Å². The molecule has 3 N–H and O–H groups in total. The minimum Gasteiger partial charge on any atom is -0.512 e. The Balaban J connectivity index is 0.000000162. The number of aromatic nitrogens is 6. The van der Waals surface area contributed by atoms with Gasteiger partial charge in [0.1, 0.15) is 0 Å². The smallest absolute Gasteiger partial charge is 0.221 e. The summed E-state index contributed by atoms with van der Waals surface area (Å²) in [6, 6.07) is 111. The van der Waals surface area contributed by atoms with Crippen molar-refractivity contribution in [2.75, 3.05) is 0 Å². The van der Waals surface area contributed by atoms with Gasteiger partial charge in [-0.2, -0.15) is 9.13 Å². The number of aliphatic hydroxyl groups excluding tert-OH is 3. The van der Waals surface area contributed by atoms with Crippen LogP contribution in [-0.2, 0) is 87.8 Å². The fourth-order valence-electron chi connectivity index (χ4n) is 16.1. The zero-order valence-corrected chi connectivity index (χ0v) is 84.5. The van der Waals surface area contributed by atoms with Crippen LogP contribution in [-0.4, -0.2) is 52.6 Å². The predicted molar refractivity (Wildman–Crippen MR) is 531 cm³/mol. The summed E-state index contributed by atoms with van der Waals surface area (Å²) in [5, 5.41) is 36.7. The molecule has 132 heavy (non-hydrogen) atoms. The average Bonchev–Trinajstić information content (AvgIpc) is 0.957. The van der Waals surface area contributed by atoms with E-state index in [4.69, 9.17) is 30.1 Å². The molecule has 0 aliphatic carbocycles. The van der Waals surface area contributed by atoms with Gasteiger partial charge in [0.2, 0.25) is 16.9 Å². The van der Waals surface area contributed by atoms with Crippen molar-refractivity contribution in [2.45, 2.75) is 124 Å². The molecule has 2 aliphatic heterocycles. The number of para-hydroxylation sites is 1. The molecule has 0 unspecified atom stereocenters. The van der Waals surface area contributed by atoms with E-state index in [1.54, 1.807) is 0 Å². The molecule has 0 atom stereocenters. The van der Waals surface area contributed by atoms with Gasteiger partial charge in [0.15, 0.2) is 36.6 Å². The molecule has 2 aliphatic rings. The van der Waals surface area contributed by atoms with Crippen molar-refractivity contribution in [3.05, 3.63) is 407 Å². The normalized spacial score (nSPS) is 11.4. The minimum atomic E-state index is -0.125. The Hall–Kier alpha value is -13.1. The van der Waals surface area contributed by atoms with Gasteiger partial charge in [-0.05, 0) is 153 Å². The van der Waals surface area contributed by atoms with Gasteiger partial charge in [-0.25, -0.2) is 0 Å². The van der Waals surface area contributed by atoms with E-state index in [-0.39, 0.29) is 107 Å². The third kappa shape index (κ3) is 25.8. The Kier molecular flexibility index (Phi) is 35.7. The second-order valence-electron chi connectivity index (χ2n) is 33.8. The van der Waals surface area contributed by atoms with Crippen LogP contribution < -0.4 is 9.13 Å². The number of carbonyl (C=O) groups is 3. The summed E-state index contributed by atoms with van der Waals surface area (Å²) in [6.07, 6.45) is 7.68. The number of aryl methyl sites for hydroxylation is 8. The maximum atomic E-state index is 11.0. The molecule has 0 saturated heterocycles. The van der Waals surface area contributed by atoms with Crippen LogP contribution in [0.4, 0.5) is 0 Å². The van der Waals surface area contributed by atoms with E-state index in [0.29, 0.717) is 0 Å². The van der Waals surface area contributed by atoms with Gasteiger partial charge in [0.25, 0.3) is 0 Å². The standard InChI is InChI=1S/C29H19N2.2C18H16N.C17H14N.C16H12N.C9H16O2.2C5H8O2.3Ir/c1-19-18-30-28-24-14-12-22(20-8-4-2-5-9-20)16-26(24)27-17-23(21-10-6-3-7-11-21)13-15-25(27)29(28)31-19;2*1-12-4-5-15-6-7-17(19-18(15)11-12)16-9-13(2)8-14(3)10-16;1-12-10-13-6-3-5-9-16(13)18-11-14-7-2-4-8-15(14)17(12)18;1-3-7-14-12(5-1)9-10-17-11-13-6-2-4-8-15(13)16(14)17;1-6(2)8(10)5-9(11)7(3)4;2*1-4(6)3-5(2)7;;;/h2-13,15-18H,1H3;2*4-9,11H,1-3H3;2-10H,11H2,1H3;1-10H,11H2;5-7,10H,1-4H3;2*3,6H,1-2H3;;;/q3*-1;2*+1;;;;;;. The Labute approximate surface area is 815 Å². The van der Waals surface area contributed by atoms with Crippen LogP contribution in [0.5, 0.6) is 0 Å². The number of carbonyl (C=O) groups excluding carboxylic acids is 3. The summed E-state index contributed by atoms with van der Waals surface area (Å²) in [5.74, 6) is 0.0356. The minimum absolute atomic E-state index is 0. The third-order valence-electron chi connectivity index (χ3n) is 22.1.